The van der Waals surface area contributed by atoms with Gasteiger partial charge in [0.2, 0.25) is 0 Å². The van der Waals surface area contributed by atoms with Crippen LogP contribution in [0.15, 0.2) is 33.9 Å². The molecule has 2 aliphatic heterocycles. The zero-order valence-electron chi connectivity index (χ0n) is 18.6. The molecule has 2 aliphatic rings. The van der Waals surface area contributed by atoms with Crippen molar-refractivity contribution in [3.8, 4) is 0 Å². The van der Waals surface area contributed by atoms with Gasteiger partial charge in [-0.15, -0.1) is 0 Å². The van der Waals surface area contributed by atoms with E-state index in [9.17, 15) is 14.4 Å². The lowest BCUT2D eigenvalue weighted by molar-refractivity contribution is -0.148. The van der Waals surface area contributed by atoms with Crippen molar-refractivity contribution in [3.05, 3.63) is 50.3 Å². The Balaban J connectivity index is 1.45. The highest BCUT2D eigenvalue weighted by Gasteiger charge is 2.36. The molecule has 2 heterocycles. The highest BCUT2D eigenvalue weighted by molar-refractivity contribution is 5.78. The number of anilines is 3. The predicted octanol–water partition coefficient (Wildman–Crippen LogP) is 2.09. The number of hydrogen-bond acceptors (Lipinski definition) is 7. The first-order valence-corrected chi connectivity index (χ1v) is 11.2. The second kappa shape index (κ2) is 8.73. The Morgan fingerprint density at radius 3 is 2.16 bits per heavy atom. The summed E-state index contributed by atoms with van der Waals surface area (Å²) in [5.74, 6) is -0.280. The maximum Gasteiger partial charge on any atom is 0.309 e. The van der Waals surface area contributed by atoms with Crippen LogP contribution in [0, 0.1) is 12.8 Å². The molecular weight excluding hydrogens is 394 g/mol. The van der Waals surface area contributed by atoms with E-state index in [-0.39, 0.29) is 23.4 Å². The number of esters is 1. The average molecular weight is 426 g/mol. The molecule has 0 saturated carbocycles. The lowest BCUT2D eigenvalue weighted by atomic mass is 9.95. The molecule has 2 fully saturated rings. The first-order chi connectivity index (χ1) is 14.9. The first-order valence-electron chi connectivity index (χ1n) is 11.2. The van der Waals surface area contributed by atoms with Gasteiger partial charge in [-0.2, -0.15) is 0 Å². The SMILES string of the molecule is CCOC(=O)C1CCN(c2c(N3CCN(c4ccc(C)cc4)C(C)C3)c(=O)c2=O)CC1. The van der Waals surface area contributed by atoms with E-state index in [1.54, 1.807) is 0 Å². The number of ether oxygens (including phenoxy) is 1. The summed E-state index contributed by atoms with van der Waals surface area (Å²) in [6, 6.07) is 8.73. The van der Waals surface area contributed by atoms with Gasteiger partial charge in [0.05, 0.1) is 12.5 Å². The van der Waals surface area contributed by atoms with E-state index in [0.29, 0.717) is 57.0 Å². The van der Waals surface area contributed by atoms with E-state index < -0.39 is 5.43 Å². The lowest BCUT2D eigenvalue weighted by Crippen LogP contribution is -2.56. The summed E-state index contributed by atoms with van der Waals surface area (Å²) in [6.07, 6.45) is 1.30. The molecule has 2 aromatic rings. The average Bonchev–Trinajstić information content (AvgIpc) is 2.78. The number of rotatable bonds is 5. The fraction of sp³-hybridized carbons (Fsp3) is 0.542. The summed E-state index contributed by atoms with van der Waals surface area (Å²) >= 11 is 0. The molecule has 4 rings (SSSR count). The van der Waals surface area contributed by atoms with Crippen LogP contribution in [-0.4, -0.2) is 51.3 Å². The van der Waals surface area contributed by atoms with Crippen LogP contribution in [0.25, 0.3) is 0 Å². The highest BCUT2D eigenvalue weighted by atomic mass is 16.5. The third kappa shape index (κ3) is 4.05. The third-order valence-corrected chi connectivity index (χ3v) is 6.60. The molecule has 166 valence electrons. The number of nitrogens with zero attached hydrogens (tertiary/aromatic N) is 3. The van der Waals surface area contributed by atoms with Gasteiger partial charge in [-0.25, -0.2) is 0 Å². The number of hydrogen-bond donors (Lipinski definition) is 0. The molecule has 0 aromatic heterocycles. The molecular formula is C24H31N3O4. The summed E-state index contributed by atoms with van der Waals surface area (Å²) in [5, 5.41) is 0. The molecule has 0 bridgehead atoms. The summed E-state index contributed by atoms with van der Waals surface area (Å²) in [5.41, 5.74) is 2.76. The minimum Gasteiger partial charge on any atom is -0.466 e. The van der Waals surface area contributed by atoms with E-state index in [4.69, 9.17) is 4.74 Å². The molecule has 7 heteroatoms. The summed E-state index contributed by atoms with van der Waals surface area (Å²) in [7, 11) is 0. The number of carbonyl (C=O) groups is 1. The fourth-order valence-corrected chi connectivity index (χ4v) is 4.83. The molecule has 2 aromatic carbocycles. The monoisotopic (exact) mass is 425 g/mol. The summed E-state index contributed by atoms with van der Waals surface area (Å²) < 4.78 is 5.13. The summed E-state index contributed by atoms with van der Waals surface area (Å²) in [6.45, 7) is 9.82. The van der Waals surface area contributed by atoms with E-state index in [1.807, 2.05) is 11.8 Å². The maximum atomic E-state index is 12.5. The van der Waals surface area contributed by atoms with Crippen LogP contribution >= 0.6 is 0 Å². The molecule has 0 radical (unpaired) electrons. The van der Waals surface area contributed by atoms with Crippen LogP contribution in [0.3, 0.4) is 0 Å². The largest absolute Gasteiger partial charge is 0.466 e. The number of benzene rings is 1. The van der Waals surface area contributed by atoms with Crippen molar-refractivity contribution in [2.24, 2.45) is 5.92 Å². The molecule has 31 heavy (non-hydrogen) atoms. The van der Waals surface area contributed by atoms with E-state index in [0.717, 1.165) is 6.54 Å². The quantitative estimate of drug-likeness (QED) is 0.537. The normalized spacial score (nSPS) is 20.4. The second-order valence-corrected chi connectivity index (χ2v) is 8.69. The van der Waals surface area contributed by atoms with Crippen molar-refractivity contribution in [2.75, 3.05) is 54.0 Å². The minimum absolute atomic E-state index is 0.121. The topological polar surface area (TPSA) is 70.2 Å². The van der Waals surface area contributed by atoms with E-state index >= 15 is 0 Å². The number of piperidine rings is 1. The van der Waals surface area contributed by atoms with Crippen molar-refractivity contribution in [2.45, 2.75) is 39.7 Å². The third-order valence-electron chi connectivity index (χ3n) is 6.60. The van der Waals surface area contributed by atoms with Gasteiger partial charge in [0.25, 0.3) is 10.9 Å². The number of aryl methyl sites for hydroxylation is 1. The van der Waals surface area contributed by atoms with Crippen LogP contribution in [0.2, 0.25) is 0 Å². The lowest BCUT2D eigenvalue weighted by Gasteiger charge is -2.44. The van der Waals surface area contributed by atoms with Crippen LogP contribution in [-0.2, 0) is 9.53 Å². The van der Waals surface area contributed by atoms with Gasteiger partial charge in [-0.05, 0) is 45.7 Å². The van der Waals surface area contributed by atoms with E-state index in [2.05, 4.69) is 47.9 Å². The summed E-state index contributed by atoms with van der Waals surface area (Å²) in [4.78, 5) is 43.4. The molecule has 2 saturated heterocycles. The van der Waals surface area contributed by atoms with Crippen molar-refractivity contribution in [3.63, 3.8) is 0 Å². The zero-order chi connectivity index (χ0) is 22.1. The Labute approximate surface area is 182 Å². The van der Waals surface area contributed by atoms with Gasteiger partial charge >= 0.3 is 5.97 Å². The van der Waals surface area contributed by atoms with Crippen molar-refractivity contribution in [1.82, 2.24) is 0 Å². The Bertz CT molecular complexity index is 1000. The van der Waals surface area contributed by atoms with Crippen LogP contribution in [0.1, 0.15) is 32.3 Å². The number of piperazine rings is 1. The number of carbonyl (C=O) groups excluding carboxylic acids is 1. The van der Waals surface area contributed by atoms with Crippen molar-refractivity contribution in [1.29, 1.82) is 0 Å². The fourth-order valence-electron chi connectivity index (χ4n) is 4.83. The zero-order valence-corrected chi connectivity index (χ0v) is 18.6. The molecule has 7 nitrogen and oxygen atoms in total. The second-order valence-electron chi connectivity index (χ2n) is 8.69. The van der Waals surface area contributed by atoms with Gasteiger partial charge in [0.15, 0.2) is 0 Å². The molecule has 0 aliphatic carbocycles. The van der Waals surface area contributed by atoms with Gasteiger partial charge in [0.1, 0.15) is 11.4 Å². The maximum absolute atomic E-state index is 12.5. The minimum atomic E-state index is -0.391. The van der Waals surface area contributed by atoms with E-state index in [1.165, 1.54) is 11.3 Å². The molecule has 1 atom stereocenters. The first kappa shape index (κ1) is 21.4. The Morgan fingerprint density at radius 2 is 1.58 bits per heavy atom. The Morgan fingerprint density at radius 1 is 0.968 bits per heavy atom. The van der Waals surface area contributed by atoms with Crippen LogP contribution in [0.4, 0.5) is 17.1 Å². The van der Waals surface area contributed by atoms with Gasteiger partial charge < -0.3 is 19.4 Å². The van der Waals surface area contributed by atoms with Crippen LogP contribution in [0.5, 0.6) is 0 Å². The molecule has 1 unspecified atom stereocenters. The van der Waals surface area contributed by atoms with Crippen LogP contribution < -0.4 is 25.6 Å². The van der Waals surface area contributed by atoms with Gasteiger partial charge in [0, 0.05) is 44.5 Å². The van der Waals surface area contributed by atoms with Crippen molar-refractivity contribution < 1.29 is 9.53 Å². The smallest absolute Gasteiger partial charge is 0.309 e. The van der Waals surface area contributed by atoms with Crippen molar-refractivity contribution >= 4 is 23.0 Å². The highest BCUT2D eigenvalue weighted by Crippen LogP contribution is 2.31. The molecule has 0 N–H and O–H groups in total. The van der Waals surface area contributed by atoms with Gasteiger partial charge in [-0.1, -0.05) is 17.7 Å². The Kier molecular flexibility index (Phi) is 6.03. The van der Waals surface area contributed by atoms with Gasteiger partial charge in [-0.3, -0.25) is 14.4 Å². The molecule has 0 amide bonds. The Hall–Kier alpha value is -2.83. The predicted molar refractivity (Wildman–Crippen MR) is 123 cm³/mol. The molecule has 0 spiro atoms. The standard InChI is InChI=1S/C24H31N3O4/c1-4-31-24(30)18-9-11-25(12-10-18)20-21(23(29)22(20)28)26-13-14-27(17(3)15-26)19-7-5-16(2)6-8-19/h5-8,17-18H,4,9-15H2,1-3H3.